The average Bonchev–Trinajstić information content (AvgIpc) is 3.36. The van der Waals surface area contributed by atoms with Crippen molar-refractivity contribution in [1.82, 2.24) is 24.7 Å². The minimum atomic E-state index is -0.389. The van der Waals surface area contributed by atoms with Crippen molar-refractivity contribution < 1.29 is 9.32 Å². The summed E-state index contributed by atoms with van der Waals surface area (Å²) in [5, 5.41) is 17.5. The SMILES string of the molecule is Cc1nn(Cc2c(C(=O)Nc3c(C)nn(Cc4ccc(Cl)c(Cl)c4)c3C)noc2C)c(C)c1Cl. The van der Waals surface area contributed by atoms with Crippen molar-refractivity contribution in [3.05, 3.63) is 78.6 Å². The Kier molecular flexibility index (Phi) is 6.75. The third-order valence-electron chi connectivity index (χ3n) is 5.74. The highest BCUT2D eigenvalue weighted by atomic mass is 35.5. The minimum absolute atomic E-state index is 0.192. The second-order valence-corrected chi connectivity index (χ2v) is 9.31. The van der Waals surface area contributed by atoms with E-state index >= 15 is 0 Å². The molecule has 11 heteroatoms. The molecular formula is C23H23Cl3N6O2. The van der Waals surface area contributed by atoms with Gasteiger partial charge in [0.2, 0.25) is 0 Å². The zero-order chi connectivity index (χ0) is 24.7. The largest absolute Gasteiger partial charge is 0.361 e. The van der Waals surface area contributed by atoms with Crippen molar-refractivity contribution in [2.24, 2.45) is 0 Å². The van der Waals surface area contributed by atoms with Gasteiger partial charge in [-0.2, -0.15) is 10.2 Å². The van der Waals surface area contributed by atoms with Gasteiger partial charge < -0.3 is 9.84 Å². The summed E-state index contributed by atoms with van der Waals surface area (Å²) in [5.41, 5.74) is 5.39. The highest BCUT2D eigenvalue weighted by Gasteiger charge is 2.24. The molecule has 0 fully saturated rings. The van der Waals surface area contributed by atoms with Gasteiger partial charge in [0.25, 0.3) is 5.91 Å². The van der Waals surface area contributed by atoms with Crippen LogP contribution in [0.15, 0.2) is 22.7 Å². The number of anilines is 1. The molecule has 0 aliphatic heterocycles. The highest BCUT2D eigenvalue weighted by molar-refractivity contribution is 6.42. The maximum Gasteiger partial charge on any atom is 0.278 e. The van der Waals surface area contributed by atoms with Crippen molar-refractivity contribution in [2.45, 2.75) is 47.7 Å². The molecule has 1 amide bonds. The standard InChI is InChI=1S/C23H23Cl3N6O2/c1-11-20(26)13(3)32(28-11)10-17-15(5)34-30-22(17)23(33)27-21-12(2)29-31(14(21)4)9-16-6-7-18(24)19(25)8-16/h6-8H,9-10H2,1-5H3,(H,27,33). The number of carbonyl (C=O) groups is 1. The number of hydrogen-bond donors (Lipinski definition) is 1. The molecule has 1 aromatic carbocycles. The van der Waals surface area contributed by atoms with Crippen molar-refractivity contribution in [2.75, 3.05) is 5.32 Å². The number of hydrogen-bond acceptors (Lipinski definition) is 5. The first-order valence-electron chi connectivity index (χ1n) is 10.5. The Labute approximate surface area is 211 Å². The van der Waals surface area contributed by atoms with Gasteiger partial charge in [0, 0.05) is 5.56 Å². The highest BCUT2D eigenvalue weighted by Crippen LogP contribution is 2.26. The monoisotopic (exact) mass is 520 g/mol. The van der Waals surface area contributed by atoms with Gasteiger partial charge >= 0.3 is 0 Å². The molecule has 0 radical (unpaired) electrons. The summed E-state index contributed by atoms with van der Waals surface area (Å²) in [6.07, 6.45) is 0. The van der Waals surface area contributed by atoms with Gasteiger partial charge in [-0.25, -0.2) is 0 Å². The van der Waals surface area contributed by atoms with Crippen LogP contribution >= 0.6 is 34.8 Å². The third-order valence-corrected chi connectivity index (χ3v) is 7.02. The zero-order valence-corrected chi connectivity index (χ0v) is 21.6. The lowest BCUT2D eigenvalue weighted by atomic mass is 10.1. The van der Waals surface area contributed by atoms with Crippen LogP contribution in [0.2, 0.25) is 15.1 Å². The van der Waals surface area contributed by atoms with E-state index in [9.17, 15) is 4.79 Å². The third kappa shape index (κ3) is 4.58. The van der Waals surface area contributed by atoms with Gasteiger partial charge in [0.05, 0.1) is 56.6 Å². The quantitative estimate of drug-likeness (QED) is 0.340. The van der Waals surface area contributed by atoms with Crippen LogP contribution in [0.25, 0.3) is 0 Å². The molecule has 0 saturated carbocycles. The Morgan fingerprint density at radius 1 is 0.941 bits per heavy atom. The van der Waals surface area contributed by atoms with Crippen LogP contribution < -0.4 is 5.32 Å². The van der Waals surface area contributed by atoms with E-state index in [0.717, 1.165) is 22.6 Å². The lowest BCUT2D eigenvalue weighted by Gasteiger charge is -2.08. The van der Waals surface area contributed by atoms with Crippen LogP contribution in [0.4, 0.5) is 5.69 Å². The predicted octanol–water partition coefficient (Wildman–Crippen LogP) is 5.92. The van der Waals surface area contributed by atoms with E-state index in [4.69, 9.17) is 39.3 Å². The van der Waals surface area contributed by atoms with Crippen LogP contribution in [-0.2, 0) is 13.1 Å². The Bertz CT molecular complexity index is 1400. The minimum Gasteiger partial charge on any atom is -0.361 e. The Hall–Kier alpha value is -2.81. The molecule has 3 heterocycles. The number of carbonyl (C=O) groups excluding carboxylic acids is 1. The summed E-state index contributed by atoms with van der Waals surface area (Å²) >= 11 is 18.4. The van der Waals surface area contributed by atoms with E-state index in [2.05, 4.69) is 20.7 Å². The summed E-state index contributed by atoms with van der Waals surface area (Å²) in [5.74, 6) is 0.150. The first kappa shape index (κ1) is 24.3. The molecule has 0 aliphatic carbocycles. The molecule has 0 aliphatic rings. The molecule has 4 aromatic rings. The van der Waals surface area contributed by atoms with Gasteiger partial charge in [0.15, 0.2) is 5.69 Å². The molecular weight excluding hydrogens is 499 g/mol. The Morgan fingerprint density at radius 3 is 2.26 bits per heavy atom. The molecule has 0 saturated heterocycles. The lowest BCUT2D eigenvalue weighted by Crippen LogP contribution is -2.17. The van der Waals surface area contributed by atoms with Crippen molar-refractivity contribution in [1.29, 1.82) is 0 Å². The van der Waals surface area contributed by atoms with Crippen LogP contribution in [0.1, 0.15) is 50.2 Å². The summed E-state index contributed by atoms with van der Waals surface area (Å²) < 4.78 is 8.88. The smallest absolute Gasteiger partial charge is 0.278 e. The molecule has 178 valence electrons. The van der Waals surface area contributed by atoms with Gasteiger partial charge in [-0.15, -0.1) is 0 Å². The van der Waals surface area contributed by atoms with Crippen molar-refractivity contribution in [3.63, 3.8) is 0 Å². The van der Waals surface area contributed by atoms with Gasteiger partial charge in [-0.3, -0.25) is 14.2 Å². The molecule has 34 heavy (non-hydrogen) atoms. The fraction of sp³-hybridized carbons (Fsp3) is 0.304. The Balaban J connectivity index is 1.58. The van der Waals surface area contributed by atoms with Crippen molar-refractivity contribution >= 4 is 46.4 Å². The summed E-state index contributed by atoms with van der Waals surface area (Å²) in [4.78, 5) is 13.2. The molecule has 3 aromatic heterocycles. The lowest BCUT2D eigenvalue weighted by molar-refractivity contribution is 0.101. The van der Waals surface area contributed by atoms with Crippen LogP contribution in [0.3, 0.4) is 0 Å². The number of rotatable bonds is 6. The predicted molar refractivity (Wildman–Crippen MR) is 132 cm³/mol. The maximum absolute atomic E-state index is 13.2. The summed E-state index contributed by atoms with van der Waals surface area (Å²) in [6, 6.07) is 5.44. The normalized spacial score (nSPS) is 11.3. The first-order valence-corrected chi connectivity index (χ1v) is 11.6. The molecule has 0 spiro atoms. The van der Waals surface area contributed by atoms with E-state index in [1.807, 2.05) is 33.8 Å². The maximum atomic E-state index is 13.2. The van der Waals surface area contributed by atoms with E-state index in [1.54, 1.807) is 28.4 Å². The average molecular weight is 522 g/mol. The second kappa shape index (κ2) is 9.44. The molecule has 0 bridgehead atoms. The molecule has 1 N–H and O–H groups in total. The van der Waals surface area contributed by atoms with Gasteiger partial charge in [0.1, 0.15) is 5.76 Å². The van der Waals surface area contributed by atoms with E-state index in [0.29, 0.717) is 50.9 Å². The van der Waals surface area contributed by atoms with E-state index in [1.165, 1.54) is 0 Å². The Morgan fingerprint density at radius 2 is 1.62 bits per heavy atom. The van der Waals surface area contributed by atoms with Crippen LogP contribution in [-0.4, -0.2) is 30.6 Å². The number of benzene rings is 1. The number of aromatic nitrogens is 5. The van der Waals surface area contributed by atoms with Gasteiger partial charge in [-0.1, -0.05) is 46.0 Å². The summed E-state index contributed by atoms with van der Waals surface area (Å²) in [6.45, 7) is 9.98. The first-order chi connectivity index (χ1) is 16.1. The van der Waals surface area contributed by atoms with Crippen LogP contribution in [0.5, 0.6) is 0 Å². The molecule has 4 rings (SSSR count). The molecule has 0 unspecified atom stereocenters. The second-order valence-electron chi connectivity index (χ2n) is 8.11. The van der Waals surface area contributed by atoms with Crippen molar-refractivity contribution in [3.8, 4) is 0 Å². The summed E-state index contributed by atoms with van der Waals surface area (Å²) in [7, 11) is 0. The number of aryl methyl sites for hydroxylation is 3. The fourth-order valence-electron chi connectivity index (χ4n) is 3.75. The van der Waals surface area contributed by atoms with E-state index in [-0.39, 0.29) is 11.6 Å². The van der Waals surface area contributed by atoms with Crippen LogP contribution in [0, 0.1) is 34.6 Å². The number of nitrogens with zero attached hydrogens (tertiary/aromatic N) is 5. The molecule has 8 nitrogen and oxygen atoms in total. The topological polar surface area (TPSA) is 90.8 Å². The van der Waals surface area contributed by atoms with E-state index < -0.39 is 0 Å². The fourth-order valence-corrected chi connectivity index (χ4v) is 4.21. The number of halogens is 3. The molecule has 0 atom stereocenters. The number of amides is 1. The number of nitrogens with one attached hydrogen (secondary N) is 1. The van der Waals surface area contributed by atoms with Gasteiger partial charge in [-0.05, 0) is 52.3 Å². The zero-order valence-electron chi connectivity index (χ0n) is 19.3.